The Morgan fingerprint density at radius 1 is 1.53 bits per heavy atom. The van der Waals surface area contributed by atoms with E-state index in [1.54, 1.807) is 0 Å². The number of rotatable bonds is 2. The summed E-state index contributed by atoms with van der Waals surface area (Å²) in [4.78, 5) is 13.7. The van der Waals surface area contributed by atoms with Crippen molar-refractivity contribution in [2.24, 2.45) is 0 Å². The van der Waals surface area contributed by atoms with Crippen LogP contribution in [0.25, 0.3) is 10.9 Å². The van der Waals surface area contributed by atoms with Gasteiger partial charge < -0.3 is 10.1 Å². The number of carbonyl (C=O) groups is 1. The summed E-state index contributed by atoms with van der Waals surface area (Å²) in [7, 11) is 0. The Balaban J connectivity index is 2.71. The van der Waals surface area contributed by atoms with Crippen LogP contribution in [0, 0.1) is 6.92 Å². The van der Waals surface area contributed by atoms with Gasteiger partial charge >= 0.3 is 5.97 Å². The molecule has 1 aromatic heterocycles. The lowest BCUT2D eigenvalue weighted by molar-refractivity contribution is -0.136. The summed E-state index contributed by atoms with van der Waals surface area (Å²) in [6.07, 6.45) is -0.0519. The molecule has 2 N–H and O–H groups in total. The highest BCUT2D eigenvalue weighted by molar-refractivity contribution is 6.32. The van der Waals surface area contributed by atoms with Gasteiger partial charge in [-0.25, -0.2) is 0 Å². The standard InChI is InChI=1S/C11H10ClNO2/c1-6-3-2-4-8-10(6)7(5-9(14)15)11(12)13-8/h2-4,13H,5H2,1H3,(H,14,15). The fourth-order valence-corrected chi connectivity index (χ4v) is 2.06. The molecule has 0 aliphatic carbocycles. The van der Waals surface area contributed by atoms with E-state index < -0.39 is 5.97 Å². The smallest absolute Gasteiger partial charge is 0.307 e. The number of aromatic nitrogens is 1. The van der Waals surface area contributed by atoms with Crippen LogP contribution in [0.4, 0.5) is 0 Å². The van der Waals surface area contributed by atoms with Crippen LogP contribution in [0.2, 0.25) is 5.15 Å². The fraction of sp³-hybridized carbons (Fsp3) is 0.182. The largest absolute Gasteiger partial charge is 0.481 e. The number of carboxylic acid groups (broad SMARTS) is 1. The van der Waals surface area contributed by atoms with Crippen LogP contribution in [0.5, 0.6) is 0 Å². The average Bonchev–Trinajstić information content (AvgIpc) is 2.43. The highest BCUT2D eigenvalue weighted by atomic mass is 35.5. The summed E-state index contributed by atoms with van der Waals surface area (Å²) in [5, 5.41) is 10.1. The number of carboxylic acids is 1. The second kappa shape index (κ2) is 3.59. The van der Waals surface area contributed by atoms with Gasteiger partial charge in [-0.1, -0.05) is 23.7 Å². The molecule has 0 unspecified atom stereocenters. The van der Waals surface area contributed by atoms with Gasteiger partial charge in [-0.05, 0) is 18.6 Å². The molecule has 0 aliphatic rings. The molecule has 1 aromatic carbocycles. The summed E-state index contributed by atoms with van der Waals surface area (Å²) in [5.74, 6) is -0.874. The van der Waals surface area contributed by atoms with Crippen LogP contribution in [-0.2, 0) is 11.2 Å². The van der Waals surface area contributed by atoms with Gasteiger partial charge in [-0.2, -0.15) is 0 Å². The molecule has 1 heterocycles. The highest BCUT2D eigenvalue weighted by Gasteiger charge is 2.14. The normalized spacial score (nSPS) is 10.8. The Labute approximate surface area is 91.7 Å². The zero-order valence-electron chi connectivity index (χ0n) is 8.17. The molecule has 0 atom stereocenters. The van der Waals surface area contributed by atoms with E-state index in [9.17, 15) is 4.79 Å². The van der Waals surface area contributed by atoms with Gasteiger partial charge in [0, 0.05) is 16.5 Å². The first-order valence-corrected chi connectivity index (χ1v) is 4.95. The summed E-state index contributed by atoms with van der Waals surface area (Å²) in [6.45, 7) is 1.94. The quantitative estimate of drug-likeness (QED) is 0.823. The van der Waals surface area contributed by atoms with Crippen molar-refractivity contribution in [2.45, 2.75) is 13.3 Å². The van der Waals surface area contributed by atoms with E-state index in [4.69, 9.17) is 16.7 Å². The lowest BCUT2D eigenvalue weighted by atomic mass is 10.1. The first-order chi connectivity index (χ1) is 7.09. The number of hydrogen-bond donors (Lipinski definition) is 2. The molecule has 0 fully saturated rings. The van der Waals surface area contributed by atoms with Gasteiger partial charge in [0.1, 0.15) is 5.15 Å². The first-order valence-electron chi connectivity index (χ1n) is 4.57. The van der Waals surface area contributed by atoms with E-state index >= 15 is 0 Å². The average molecular weight is 224 g/mol. The van der Waals surface area contributed by atoms with E-state index in [1.165, 1.54) is 0 Å². The molecule has 2 rings (SSSR count). The molecule has 4 heteroatoms. The molecule has 0 saturated carbocycles. The van der Waals surface area contributed by atoms with Gasteiger partial charge in [0.05, 0.1) is 6.42 Å². The summed E-state index contributed by atoms with van der Waals surface area (Å²) in [6, 6.07) is 5.74. The Bertz CT molecular complexity index is 531. The molecule has 0 amide bonds. The molecule has 0 saturated heterocycles. The van der Waals surface area contributed by atoms with Crippen LogP contribution in [0.3, 0.4) is 0 Å². The lowest BCUT2D eigenvalue weighted by Gasteiger charge is -1.99. The van der Waals surface area contributed by atoms with Gasteiger partial charge in [0.15, 0.2) is 0 Å². The Kier molecular flexibility index (Phi) is 2.40. The van der Waals surface area contributed by atoms with Crippen LogP contribution in [0.1, 0.15) is 11.1 Å². The van der Waals surface area contributed by atoms with E-state index in [0.29, 0.717) is 10.7 Å². The van der Waals surface area contributed by atoms with Crippen molar-refractivity contribution < 1.29 is 9.90 Å². The highest BCUT2D eigenvalue weighted by Crippen LogP contribution is 2.29. The Morgan fingerprint density at radius 2 is 2.27 bits per heavy atom. The molecule has 3 nitrogen and oxygen atoms in total. The third-order valence-electron chi connectivity index (χ3n) is 2.41. The second-order valence-corrected chi connectivity index (χ2v) is 3.86. The molecule has 0 bridgehead atoms. The van der Waals surface area contributed by atoms with Crippen LogP contribution in [0.15, 0.2) is 18.2 Å². The van der Waals surface area contributed by atoms with Crippen molar-refractivity contribution in [1.82, 2.24) is 4.98 Å². The SMILES string of the molecule is Cc1cccc2[nH]c(Cl)c(CC(=O)O)c12. The van der Waals surface area contributed by atoms with Crippen LogP contribution >= 0.6 is 11.6 Å². The number of benzene rings is 1. The lowest BCUT2D eigenvalue weighted by Crippen LogP contribution is -2.00. The maximum atomic E-state index is 10.7. The predicted octanol–water partition coefficient (Wildman–Crippen LogP) is 2.76. The third-order valence-corrected chi connectivity index (χ3v) is 2.73. The van der Waals surface area contributed by atoms with Crippen molar-refractivity contribution in [3.63, 3.8) is 0 Å². The Hall–Kier alpha value is -1.48. The van der Waals surface area contributed by atoms with Gasteiger partial charge in [0.25, 0.3) is 0 Å². The second-order valence-electron chi connectivity index (χ2n) is 3.49. The number of H-pyrrole nitrogens is 1. The minimum atomic E-state index is -0.874. The first kappa shape index (κ1) is 10.1. The van der Waals surface area contributed by atoms with Crippen LogP contribution < -0.4 is 0 Å². The zero-order valence-corrected chi connectivity index (χ0v) is 8.93. The van der Waals surface area contributed by atoms with Crippen molar-refractivity contribution >= 4 is 28.5 Å². The van der Waals surface area contributed by atoms with Gasteiger partial charge in [-0.15, -0.1) is 0 Å². The van der Waals surface area contributed by atoms with Crippen molar-refractivity contribution in [3.8, 4) is 0 Å². The molecular formula is C11H10ClNO2. The fourth-order valence-electron chi connectivity index (χ4n) is 1.79. The number of aromatic amines is 1. The third kappa shape index (κ3) is 1.70. The minimum absolute atomic E-state index is 0.0519. The number of nitrogens with one attached hydrogen (secondary N) is 1. The predicted molar refractivity (Wildman–Crippen MR) is 59.4 cm³/mol. The zero-order chi connectivity index (χ0) is 11.0. The van der Waals surface area contributed by atoms with E-state index in [-0.39, 0.29) is 6.42 Å². The topological polar surface area (TPSA) is 53.1 Å². The molecule has 2 aromatic rings. The maximum Gasteiger partial charge on any atom is 0.307 e. The van der Waals surface area contributed by atoms with Gasteiger partial charge in [0.2, 0.25) is 0 Å². The monoisotopic (exact) mass is 223 g/mol. The number of fused-ring (bicyclic) bond motifs is 1. The minimum Gasteiger partial charge on any atom is -0.481 e. The molecule has 0 spiro atoms. The molecule has 15 heavy (non-hydrogen) atoms. The van der Waals surface area contributed by atoms with E-state index in [2.05, 4.69) is 4.98 Å². The molecular weight excluding hydrogens is 214 g/mol. The van der Waals surface area contributed by atoms with Crippen LogP contribution in [-0.4, -0.2) is 16.1 Å². The summed E-state index contributed by atoms with van der Waals surface area (Å²) in [5.41, 5.74) is 2.58. The van der Waals surface area contributed by atoms with E-state index in [1.807, 2.05) is 25.1 Å². The van der Waals surface area contributed by atoms with Crippen molar-refractivity contribution in [1.29, 1.82) is 0 Å². The van der Waals surface area contributed by atoms with Crippen molar-refractivity contribution in [2.75, 3.05) is 0 Å². The maximum absolute atomic E-state index is 10.7. The number of aliphatic carboxylic acids is 1. The molecule has 0 aliphatic heterocycles. The number of hydrogen-bond acceptors (Lipinski definition) is 1. The summed E-state index contributed by atoms with van der Waals surface area (Å²) < 4.78 is 0. The molecule has 0 radical (unpaired) electrons. The molecule has 78 valence electrons. The van der Waals surface area contributed by atoms with Crippen molar-refractivity contribution in [3.05, 3.63) is 34.5 Å². The number of aryl methyl sites for hydroxylation is 1. The van der Waals surface area contributed by atoms with E-state index in [0.717, 1.165) is 16.5 Å². The number of halogens is 1. The Morgan fingerprint density at radius 3 is 2.93 bits per heavy atom. The van der Waals surface area contributed by atoms with Gasteiger partial charge in [-0.3, -0.25) is 4.79 Å². The summed E-state index contributed by atoms with van der Waals surface area (Å²) >= 11 is 5.96.